The molecule has 0 bridgehead atoms. The number of amides is 1. The Balaban J connectivity index is 1.60. The van der Waals surface area contributed by atoms with E-state index in [0.29, 0.717) is 12.3 Å². The van der Waals surface area contributed by atoms with Crippen molar-refractivity contribution in [1.29, 1.82) is 0 Å². The van der Waals surface area contributed by atoms with Crippen LogP contribution in [-0.4, -0.2) is 30.8 Å². The average Bonchev–Trinajstić information content (AvgIpc) is 3.02. The molecule has 0 aliphatic carbocycles. The highest BCUT2D eigenvalue weighted by atomic mass is 32.2. The van der Waals surface area contributed by atoms with Crippen molar-refractivity contribution in [2.45, 2.75) is 17.7 Å². The highest BCUT2D eigenvalue weighted by Gasteiger charge is 2.12. The van der Waals surface area contributed by atoms with Crippen LogP contribution in [0, 0.1) is 0 Å². The lowest BCUT2D eigenvalue weighted by Gasteiger charge is -2.01. The lowest BCUT2D eigenvalue weighted by Crippen LogP contribution is -2.14. The number of hydrogen-bond donors (Lipinski definition) is 1. The van der Waals surface area contributed by atoms with Gasteiger partial charge in [-0.1, -0.05) is 47.6 Å². The summed E-state index contributed by atoms with van der Waals surface area (Å²) in [6.07, 6.45) is 1.71. The quantitative estimate of drug-likeness (QED) is 0.713. The first-order chi connectivity index (χ1) is 12.4. The van der Waals surface area contributed by atoms with Crippen LogP contribution >= 0.6 is 0 Å². The van der Waals surface area contributed by atoms with Gasteiger partial charge < -0.3 is 4.42 Å². The van der Waals surface area contributed by atoms with Gasteiger partial charge in [-0.05, 0) is 23.3 Å². The van der Waals surface area contributed by atoms with E-state index >= 15 is 0 Å². The molecule has 1 aromatic heterocycles. The highest BCUT2D eigenvalue weighted by molar-refractivity contribution is 7.90. The van der Waals surface area contributed by atoms with Crippen molar-refractivity contribution in [2.24, 2.45) is 0 Å². The number of hydrogen-bond acceptors (Lipinski definition) is 6. The van der Waals surface area contributed by atoms with Crippen LogP contribution in [0.1, 0.15) is 17.0 Å². The molecule has 134 valence electrons. The smallest absolute Gasteiger partial charge is 0.322 e. The second-order valence-corrected chi connectivity index (χ2v) is 7.82. The summed E-state index contributed by atoms with van der Waals surface area (Å²) in [4.78, 5) is 12.2. The number of benzene rings is 2. The van der Waals surface area contributed by atoms with Crippen molar-refractivity contribution in [3.63, 3.8) is 0 Å². The molecule has 0 fully saturated rings. The highest BCUT2D eigenvalue weighted by Crippen LogP contribution is 2.15. The molecule has 1 heterocycles. The molecule has 0 saturated heterocycles. The van der Waals surface area contributed by atoms with Crippen molar-refractivity contribution in [2.75, 3.05) is 11.6 Å². The maximum absolute atomic E-state index is 12.0. The number of aromatic nitrogens is 2. The molecule has 26 heavy (non-hydrogen) atoms. The van der Waals surface area contributed by atoms with Gasteiger partial charge >= 0.3 is 6.01 Å². The van der Waals surface area contributed by atoms with Crippen LogP contribution in [0.25, 0.3) is 0 Å². The first-order valence-corrected chi connectivity index (χ1v) is 9.74. The van der Waals surface area contributed by atoms with Crippen LogP contribution in [0.3, 0.4) is 0 Å². The van der Waals surface area contributed by atoms with E-state index in [1.807, 2.05) is 30.3 Å². The largest absolute Gasteiger partial charge is 0.407 e. The Labute approximate surface area is 151 Å². The Morgan fingerprint density at radius 3 is 2.35 bits per heavy atom. The molecule has 0 aliphatic heterocycles. The maximum Gasteiger partial charge on any atom is 0.322 e. The normalized spacial score (nSPS) is 11.3. The molecule has 1 N–H and O–H groups in total. The molecule has 3 aromatic rings. The SMILES string of the molecule is CS(=O)(=O)c1ccc(Cc2nnc(NC(=O)Cc3ccccc3)o2)cc1. The molecular formula is C18H17N3O4S. The van der Waals surface area contributed by atoms with Gasteiger partial charge in [-0.3, -0.25) is 10.1 Å². The molecule has 1 amide bonds. The summed E-state index contributed by atoms with van der Waals surface area (Å²) in [6.45, 7) is 0. The third-order valence-corrected chi connectivity index (χ3v) is 4.76. The maximum atomic E-state index is 12.0. The predicted octanol–water partition coefficient (Wildman–Crippen LogP) is 2.25. The van der Waals surface area contributed by atoms with Gasteiger partial charge in [0.25, 0.3) is 0 Å². The van der Waals surface area contributed by atoms with Crippen LogP contribution in [0.5, 0.6) is 0 Å². The Bertz CT molecular complexity index is 996. The number of nitrogens with one attached hydrogen (secondary N) is 1. The first-order valence-electron chi connectivity index (χ1n) is 7.85. The third kappa shape index (κ3) is 4.76. The summed E-state index contributed by atoms with van der Waals surface area (Å²) < 4.78 is 28.3. The van der Waals surface area contributed by atoms with Gasteiger partial charge in [0.15, 0.2) is 9.84 Å². The number of carbonyl (C=O) groups excluding carboxylic acids is 1. The molecular weight excluding hydrogens is 354 g/mol. The zero-order chi connectivity index (χ0) is 18.6. The monoisotopic (exact) mass is 371 g/mol. The van der Waals surface area contributed by atoms with Crippen LogP contribution < -0.4 is 5.32 Å². The van der Waals surface area contributed by atoms with Crippen molar-refractivity contribution in [3.05, 3.63) is 71.6 Å². The van der Waals surface area contributed by atoms with Gasteiger partial charge in [0.2, 0.25) is 11.8 Å². The van der Waals surface area contributed by atoms with Gasteiger partial charge in [-0.15, -0.1) is 5.10 Å². The average molecular weight is 371 g/mol. The minimum atomic E-state index is -3.23. The van der Waals surface area contributed by atoms with Gasteiger partial charge in [-0.2, -0.15) is 0 Å². The summed E-state index contributed by atoms with van der Waals surface area (Å²) in [5.41, 5.74) is 1.71. The van der Waals surface area contributed by atoms with Crippen LogP contribution in [0.15, 0.2) is 63.9 Å². The standard InChI is InChI=1S/C18H17N3O4S/c1-26(23,24)15-9-7-14(8-10-15)12-17-20-21-18(25-17)19-16(22)11-13-5-3-2-4-6-13/h2-10H,11-12H2,1H3,(H,19,21,22). The van der Waals surface area contributed by atoms with E-state index in [1.54, 1.807) is 12.1 Å². The molecule has 3 rings (SSSR count). The van der Waals surface area contributed by atoms with E-state index < -0.39 is 9.84 Å². The fourth-order valence-corrected chi connectivity index (χ4v) is 2.98. The minimum absolute atomic E-state index is 0.0358. The van der Waals surface area contributed by atoms with E-state index in [-0.39, 0.29) is 23.2 Å². The fraction of sp³-hybridized carbons (Fsp3) is 0.167. The lowest BCUT2D eigenvalue weighted by atomic mass is 10.1. The van der Waals surface area contributed by atoms with Crippen molar-refractivity contribution in [1.82, 2.24) is 10.2 Å². The number of carbonyl (C=O) groups is 1. The molecule has 0 aliphatic rings. The van der Waals surface area contributed by atoms with Gasteiger partial charge in [0.05, 0.1) is 17.7 Å². The molecule has 7 nitrogen and oxygen atoms in total. The predicted molar refractivity (Wildman–Crippen MR) is 95.4 cm³/mol. The molecule has 0 saturated carbocycles. The van der Waals surface area contributed by atoms with E-state index in [2.05, 4.69) is 15.5 Å². The molecule has 0 atom stereocenters. The summed E-state index contributed by atoms with van der Waals surface area (Å²) in [5, 5.41) is 10.3. The van der Waals surface area contributed by atoms with Gasteiger partial charge in [0, 0.05) is 6.26 Å². The Morgan fingerprint density at radius 2 is 1.69 bits per heavy atom. The molecule has 0 spiro atoms. The summed E-state index contributed by atoms with van der Waals surface area (Å²) in [7, 11) is -3.23. The van der Waals surface area contributed by atoms with E-state index in [4.69, 9.17) is 4.42 Å². The second kappa shape index (κ2) is 7.49. The second-order valence-electron chi connectivity index (χ2n) is 5.80. The number of nitrogens with zero attached hydrogens (tertiary/aromatic N) is 2. The van der Waals surface area contributed by atoms with E-state index in [0.717, 1.165) is 17.4 Å². The van der Waals surface area contributed by atoms with Gasteiger partial charge in [0.1, 0.15) is 0 Å². The summed E-state index contributed by atoms with van der Waals surface area (Å²) >= 11 is 0. The van der Waals surface area contributed by atoms with E-state index in [1.165, 1.54) is 12.1 Å². The van der Waals surface area contributed by atoms with Crippen molar-refractivity contribution >= 4 is 21.8 Å². The molecule has 0 unspecified atom stereocenters. The lowest BCUT2D eigenvalue weighted by molar-refractivity contribution is -0.115. The number of sulfone groups is 1. The minimum Gasteiger partial charge on any atom is -0.407 e. The zero-order valence-electron chi connectivity index (χ0n) is 14.0. The Morgan fingerprint density at radius 1 is 1.00 bits per heavy atom. The van der Waals surface area contributed by atoms with Crippen LogP contribution in [0.2, 0.25) is 0 Å². The van der Waals surface area contributed by atoms with Crippen LogP contribution in [0.4, 0.5) is 6.01 Å². The fourth-order valence-electron chi connectivity index (χ4n) is 2.35. The zero-order valence-corrected chi connectivity index (χ0v) is 14.9. The topological polar surface area (TPSA) is 102 Å². The molecule has 2 aromatic carbocycles. The van der Waals surface area contributed by atoms with Crippen LogP contribution in [-0.2, 0) is 27.5 Å². The number of rotatable bonds is 6. The summed E-state index contributed by atoms with van der Waals surface area (Å²) in [5.74, 6) is 0.0797. The molecule has 8 heteroatoms. The Hall–Kier alpha value is -3.00. The first kappa shape index (κ1) is 17.8. The number of anilines is 1. The van der Waals surface area contributed by atoms with E-state index in [9.17, 15) is 13.2 Å². The Kier molecular flexibility index (Phi) is 5.13. The third-order valence-electron chi connectivity index (χ3n) is 3.63. The summed E-state index contributed by atoms with van der Waals surface area (Å²) in [6, 6.07) is 15.8. The van der Waals surface area contributed by atoms with Crippen molar-refractivity contribution < 1.29 is 17.6 Å². The van der Waals surface area contributed by atoms with Crippen molar-refractivity contribution in [3.8, 4) is 0 Å². The molecule has 0 radical (unpaired) electrons. The van der Waals surface area contributed by atoms with Gasteiger partial charge in [-0.25, -0.2) is 8.42 Å².